The molecule has 0 aliphatic heterocycles. The Morgan fingerprint density at radius 2 is 2.33 bits per heavy atom. The van der Waals surface area contributed by atoms with Gasteiger partial charge in [0.15, 0.2) is 0 Å². The maximum atomic E-state index is 5.19. The Kier molecular flexibility index (Phi) is 4.01. The fourth-order valence-corrected chi connectivity index (χ4v) is 0.647. The number of hydrogen-bond acceptors (Lipinski definition) is 0. The highest BCUT2D eigenvalue weighted by Crippen LogP contribution is 1.98. The number of alkyl halides is 1. The van der Waals surface area contributed by atoms with Gasteiger partial charge in [0, 0.05) is 10.4 Å². The van der Waals surface area contributed by atoms with Crippen molar-refractivity contribution >= 4 is 27.5 Å². The normalized spacial score (nSPS) is 15.8. The number of hydrogen-bond donors (Lipinski definition) is 0. The minimum atomic E-state index is 0.398. The van der Waals surface area contributed by atoms with E-state index in [1.165, 1.54) is 5.54 Å². The molecule has 1 atom stereocenters. The lowest BCUT2D eigenvalue weighted by atomic mass is 10.5. The summed E-state index contributed by atoms with van der Waals surface area (Å²) < 4.78 is 0. The van der Waals surface area contributed by atoms with Crippen LogP contribution in [0.5, 0.6) is 0 Å². The smallest absolute Gasteiger partial charge is 0.0308 e. The Labute approximate surface area is 51.3 Å². The highest BCUT2D eigenvalue weighted by molar-refractivity contribution is 9.09. The van der Waals surface area contributed by atoms with Crippen molar-refractivity contribution < 1.29 is 0 Å². The van der Waals surface area contributed by atoms with Crippen molar-refractivity contribution in [1.82, 2.24) is 0 Å². The van der Waals surface area contributed by atoms with E-state index in [1.54, 1.807) is 0 Å². The first kappa shape index (κ1) is 6.51. The number of halogens is 2. The molecule has 0 heterocycles. The van der Waals surface area contributed by atoms with Crippen LogP contribution in [0.4, 0.5) is 0 Å². The van der Waals surface area contributed by atoms with Crippen molar-refractivity contribution in [3.8, 4) is 0 Å². The average molecular weight is 169 g/mol. The summed E-state index contributed by atoms with van der Waals surface area (Å²) in [6.07, 6.45) is 1.85. The van der Waals surface area contributed by atoms with Gasteiger partial charge in [0.05, 0.1) is 0 Å². The van der Waals surface area contributed by atoms with E-state index >= 15 is 0 Å². The molecule has 0 rings (SSSR count). The third kappa shape index (κ3) is 4.51. The van der Waals surface area contributed by atoms with Crippen LogP contribution < -0.4 is 0 Å². The summed E-state index contributed by atoms with van der Waals surface area (Å²) in [5, 5.41) is 0. The van der Waals surface area contributed by atoms with E-state index in [4.69, 9.17) is 11.6 Å². The molecule has 0 aromatic rings. The first-order chi connectivity index (χ1) is 2.77. The van der Waals surface area contributed by atoms with Crippen LogP contribution in [-0.4, -0.2) is 4.83 Å². The molecule has 1 unspecified atom stereocenters. The zero-order valence-corrected chi connectivity index (χ0v) is 5.83. The van der Waals surface area contributed by atoms with Crippen LogP contribution in [0.25, 0.3) is 0 Å². The molecule has 2 heteroatoms. The Bertz CT molecular complexity index is 49.5. The molecule has 0 saturated carbocycles. The molecule has 0 aromatic heterocycles. The predicted octanol–water partition coefficient (Wildman–Crippen LogP) is 2.52. The minimum absolute atomic E-state index is 0.398. The standard InChI is InChI=1S/C4H6BrCl/c1-4(5)2-3-6/h2-4H,1H3/b3-2+. The summed E-state index contributed by atoms with van der Waals surface area (Å²) in [4.78, 5) is 0.398. The largest absolute Gasteiger partial charge is 0.0933 e. The third-order valence-corrected chi connectivity index (χ3v) is 0.789. The van der Waals surface area contributed by atoms with Crippen LogP contribution in [0, 0.1) is 0 Å². The summed E-state index contributed by atoms with van der Waals surface area (Å²) in [7, 11) is 0. The lowest BCUT2D eigenvalue weighted by Gasteiger charge is -1.83. The summed E-state index contributed by atoms with van der Waals surface area (Å²) in [6, 6.07) is 0. The van der Waals surface area contributed by atoms with E-state index in [0.717, 1.165) is 0 Å². The zero-order valence-electron chi connectivity index (χ0n) is 3.49. The van der Waals surface area contributed by atoms with E-state index in [9.17, 15) is 0 Å². The summed E-state index contributed by atoms with van der Waals surface area (Å²) >= 11 is 8.45. The second-order valence-electron chi connectivity index (χ2n) is 0.996. The maximum absolute atomic E-state index is 5.19. The van der Waals surface area contributed by atoms with Crippen molar-refractivity contribution in [2.75, 3.05) is 0 Å². The molecular weight excluding hydrogens is 163 g/mol. The van der Waals surface area contributed by atoms with Gasteiger partial charge in [0.1, 0.15) is 0 Å². The van der Waals surface area contributed by atoms with Crippen molar-refractivity contribution in [2.45, 2.75) is 11.8 Å². The molecule has 0 spiro atoms. The van der Waals surface area contributed by atoms with E-state index < -0.39 is 0 Å². The molecule has 0 fully saturated rings. The Morgan fingerprint density at radius 1 is 1.83 bits per heavy atom. The first-order valence-electron chi connectivity index (χ1n) is 1.68. The topological polar surface area (TPSA) is 0 Å². The van der Waals surface area contributed by atoms with Crippen molar-refractivity contribution in [3.05, 3.63) is 11.6 Å². The summed E-state index contributed by atoms with van der Waals surface area (Å²) in [6.45, 7) is 2.00. The molecule has 0 N–H and O–H groups in total. The monoisotopic (exact) mass is 168 g/mol. The SMILES string of the molecule is CC(Br)/C=C/Cl. The number of allylic oxidation sites excluding steroid dienone is 1. The van der Waals surface area contributed by atoms with Gasteiger partial charge in [-0.2, -0.15) is 0 Å². The van der Waals surface area contributed by atoms with Gasteiger partial charge in [-0.15, -0.1) is 0 Å². The van der Waals surface area contributed by atoms with Crippen LogP contribution in [-0.2, 0) is 0 Å². The molecule has 0 bridgehead atoms. The Morgan fingerprint density at radius 3 is 2.33 bits per heavy atom. The zero-order chi connectivity index (χ0) is 4.99. The van der Waals surface area contributed by atoms with Crippen LogP contribution in [0.2, 0.25) is 0 Å². The molecule has 0 amide bonds. The van der Waals surface area contributed by atoms with Gasteiger partial charge >= 0.3 is 0 Å². The van der Waals surface area contributed by atoms with Gasteiger partial charge in [0.25, 0.3) is 0 Å². The van der Waals surface area contributed by atoms with E-state index in [1.807, 2.05) is 13.0 Å². The van der Waals surface area contributed by atoms with Crippen LogP contribution in [0.15, 0.2) is 11.6 Å². The van der Waals surface area contributed by atoms with Gasteiger partial charge in [-0.05, 0) is 6.92 Å². The molecule has 6 heavy (non-hydrogen) atoms. The lowest BCUT2D eigenvalue weighted by molar-refractivity contribution is 1.28. The molecule has 0 aliphatic carbocycles. The molecule has 0 aromatic carbocycles. The fourth-order valence-electron chi connectivity index (χ4n) is 0.100. The van der Waals surface area contributed by atoms with E-state index in [2.05, 4.69) is 15.9 Å². The van der Waals surface area contributed by atoms with Gasteiger partial charge in [-0.1, -0.05) is 33.6 Å². The molecule has 0 aliphatic rings. The highest BCUT2D eigenvalue weighted by Gasteiger charge is 1.80. The van der Waals surface area contributed by atoms with Gasteiger partial charge in [0.2, 0.25) is 0 Å². The molecule has 0 nitrogen and oxygen atoms in total. The number of rotatable bonds is 1. The van der Waals surface area contributed by atoms with Crippen LogP contribution >= 0.6 is 27.5 Å². The quantitative estimate of drug-likeness (QED) is 0.529. The van der Waals surface area contributed by atoms with Crippen LogP contribution in [0.3, 0.4) is 0 Å². The minimum Gasteiger partial charge on any atom is -0.0933 e. The highest BCUT2D eigenvalue weighted by atomic mass is 79.9. The first-order valence-corrected chi connectivity index (χ1v) is 3.03. The molecule has 0 saturated heterocycles. The summed E-state index contributed by atoms with van der Waals surface area (Å²) in [5.74, 6) is 0. The second-order valence-corrected chi connectivity index (χ2v) is 2.69. The molecule has 0 radical (unpaired) electrons. The second kappa shape index (κ2) is 3.69. The van der Waals surface area contributed by atoms with E-state index in [-0.39, 0.29) is 0 Å². The molecular formula is C4H6BrCl. The molecule has 36 valence electrons. The predicted molar refractivity (Wildman–Crippen MR) is 33.4 cm³/mol. The van der Waals surface area contributed by atoms with Gasteiger partial charge in [-0.3, -0.25) is 0 Å². The van der Waals surface area contributed by atoms with Gasteiger partial charge < -0.3 is 0 Å². The Balaban J connectivity index is 3.03. The van der Waals surface area contributed by atoms with Crippen molar-refractivity contribution in [2.24, 2.45) is 0 Å². The lowest BCUT2D eigenvalue weighted by Crippen LogP contribution is -1.75. The van der Waals surface area contributed by atoms with Crippen molar-refractivity contribution in [3.63, 3.8) is 0 Å². The third-order valence-electron chi connectivity index (χ3n) is 0.338. The van der Waals surface area contributed by atoms with Gasteiger partial charge in [-0.25, -0.2) is 0 Å². The fraction of sp³-hybridized carbons (Fsp3) is 0.500. The van der Waals surface area contributed by atoms with E-state index in [0.29, 0.717) is 4.83 Å². The Hall–Kier alpha value is 0.510. The van der Waals surface area contributed by atoms with Crippen LogP contribution in [0.1, 0.15) is 6.92 Å². The van der Waals surface area contributed by atoms with Crippen molar-refractivity contribution in [1.29, 1.82) is 0 Å². The maximum Gasteiger partial charge on any atom is 0.0308 e. The average Bonchev–Trinajstić information content (AvgIpc) is 1.35. The summed E-state index contributed by atoms with van der Waals surface area (Å²) in [5.41, 5.74) is 1.50.